The van der Waals surface area contributed by atoms with Crippen LogP contribution in [0.3, 0.4) is 0 Å². The lowest BCUT2D eigenvalue weighted by molar-refractivity contribution is -0.139. The van der Waals surface area contributed by atoms with Crippen molar-refractivity contribution in [2.24, 2.45) is 0 Å². The van der Waals surface area contributed by atoms with Crippen molar-refractivity contribution in [2.75, 3.05) is 19.7 Å². The van der Waals surface area contributed by atoms with Gasteiger partial charge >= 0.3 is 5.97 Å². The minimum Gasteiger partial charge on any atom is -0.481 e. The average molecular weight is 370 g/mol. The highest BCUT2D eigenvalue weighted by molar-refractivity contribution is 5.86. The summed E-state index contributed by atoms with van der Waals surface area (Å²) in [4.78, 5) is 30.3. The Balaban J connectivity index is 1.81. The molecular formula is C21H26N2O4. The summed E-state index contributed by atoms with van der Waals surface area (Å²) in [5.74, 6) is -0.977. The van der Waals surface area contributed by atoms with Crippen LogP contribution in [0.25, 0.3) is 10.9 Å². The van der Waals surface area contributed by atoms with Crippen LogP contribution in [0, 0.1) is 13.8 Å². The molecule has 1 fully saturated rings. The van der Waals surface area contributed by atoms with Crippen LogP contribution < -0.4 is 0 Å². The molecule has 0 bridgehead atoms. The van der Waals surface area contributed by atoms with E-state index < -0.39 is 5.97 Å². The topological polar surface area (TPSA) is 79.7 Å². The molecule has 1 saturated heterocycles. The Morgan fingerprint density at radius 2 is 2.07 bits per heavy atom. The van der Waals surface area contributed by atoms with Gasteiger partial charge in [0.2, 0.25) is 5.91 Å². The molecule has 0 spiro atoms. The number of amides is 1. The van der Waals surface area contributed by atoms with E-state index >= 15 is 0 Å². The van der Waals surface area contributed by atoms with Gasteiger partial charge in [-0.1, -0.05) is 18.2 Å². The number of aromatic nitrogens is 1. The lowest BCUT2D eigenvalue weighted by atomic mass is 9.99. The van der Waals surface area contributed by atoms with Gasteiger partial charge in [-0.25, -0.2) is 0 Å². The van der Waals surface area contributed by atoms with Gasteiger partial charge in [-0.15, -0.1) is 0 Å². The lowest BCUT2D eigenvalue weighted by Crippen LogP contribution is -2.39. The van der Waals surface area contributed by atoms with Crippen LogP contribution in [0.1, 0.15) is 36.1 Å². The summed E-state index contributed by atoms with van der Waals surface area (Å²) in [5, 5.41) is 10.1. The quantitative estimate of drug-likeness (QED) is 0.811. The number of hydrogen-bond acceptors (Lipinski definition) is 4. The van der Waals surface area contributed by atoms with Gasteiger partial charge in [0.15, 0.2) is 0 Å². The van der Waals surface area contributed by atoms with E-state index in [0.29, 0.717) is 13.2 Å². The first-order chi connectivity index (χ1) is 13.0. The van der Waals surface area contributed by atoms with Crippen molar-refractivity contribution in [1.82, 2.24) is 9.88 Å². The number of carbonyl (C=O) groups is 2. The standard InChI is InChI=1S/C21H26N2O4/c1-14-17-7-3-4-8-19(17)22-15(2)18(14)12-20(24)23(10-9-21(25)26)13-16-6-5-11-27-16/h3-4,7-8,16H,5-6,9-13H2,1-2H3,(H,25,26)/t16-/m1/s1. The number of benzene rings is 1. The van der Waals surface area contributed by atoms with E-state index in [0.717, 1.165) is 40.6 Å². The smallest absolute Gasteiger partial charge is 0.305 e. The molecule has 6 nitrogen and oxygen atoms in total. The number of rotatable bonds is 7. The summed E-state index contributed by atoms with van der Waals surface area (Å²) in [6.07, 6.45) is 2.05. The second kappa shape index (κ2) is 8.48. The molecule has 1 aliphatic heterocycles. The van der Waals surface area contributed by atoms with Gasteiger partial charge in [-0.05, 0) is 43.9 Å². The number of pyridine rings is 1. The first-order valence-electron chi connectivity index (χ1n) is 9.41. The Labute approximate surface area is 159 Å². The monoisotopic (exact) mass is 370 g/mol. The average Bonchev–Trinajstić information content (AvgIpc) is 3.15. The number of aryl methyl sites for hydroxylation is 2. The molecule has 1 aromatic heterocycles. The fourth-order valence-electron chi connectivity index (χ4n) is 3.68. The van der Waals surface area contributed by atoms with Crippen molar-refractivity contribution in [1.29, 1.82) is 0 Å². The maximum absolute atomic E-state index is 13.0. The predicted molar refractivity (Wildman–Crippen MR) is 103 cm³/mol. The van der Waals surface area contributed by atoms with Gasteiger partial charge in [0.25, 0.3) is 0 Å². The van der Waals surface area contributed by atoms with Crippen LogP contribution in [-0.2, 0) is 20.7 Å². The first-order valence-corrected chi connectivity index (χ1v) is 9.41. The maximum atomic E-state index is 13.0. The van der Waals surface area contributed by atoms with Crippen LogP contribution >= 0.6 is 0 Å². The van der Waals surface area contributed by atoms with Gasteiger partial charge in [0, 0.05) is 30.8 Å². The van der Waals surface area contributed by atoms with Gasteiger partial charge in [-0.2, -0.15) is 0 Å². The Hall–Kier alpha value is -2.47. The highest BCUT2D eigenvalue weighted by atomic mass is 16.5. The van der Waals surface area contributed by atoms with Crippen molar-refractivity contribution in [3.8, 4) is 0 Å². The van der Waals surface area contributed by atoms with E-state index in [1.165, 1.54) is 0 Å². The van der Waals surface area contributed by atoms with Crippen molar-refractivity contribution in [3.63, 3.8) is 0 Å². The van der Waals surface area contributed by atoms with Gasteiger partial charge in [-0.3, -0.25) is 14.6 Å². The molecule has 1 aliphatic rings. The van der Waals surface area contributed by atoms with E-state index in [-0.39, 0.29) is 31.4 Å². The molecule has 1 atom stereocenters. The number of aliphatic carboxylic acids is 1. The summed E-state index contributed by atoms with van der Waals surface area (Å²) >= 11 is 0. The molecule has 27 heavy (non-hydrogen) atoms. The third-order valence-corrected chi connectivity index (χ3v) is 5.21. The van der Waals surface area contributed by atoms with E-state index in [9.17, 15) is 9.59 Å². The van der Waals surface area contributed by atoms with Crippen LogP contribution in [0.4, 0.5) is 0 Å². The van der Waals surface area contributed by atoms with Crippen LogP contribution in [0.5, 0.6) is 0 Å². The summed E-state index contributed by atoms with van der Waals surface area (Å²) in [5.41, 5.74) is 3.74. The van der Waals surface area contributed by atoms with Crippen molar-refractivity contribution >= 4 is 22.8 Å². The molecule has 6 heteroatoms. The molecule has 2 heterocycles. The Morgan fingerprint density at radius 1 is 1.30 bits per heavy atom. The largest absolute Gasteiger partial charge is 0.481 e. The van der Waals surface area contributed by atoms with Crippen LogP contribution in [-0.4, -0.2) is 52.7 Å². The minimum atomic E-state index is -0.903. The van der Waals surface area contributed by atoms with Gasteiger partial charge in [0.05, 0.1) is 24.5 Å². The predicted octanol–water partition coefficient (Wildman–Crippen LogP) is 2.88. The first kappa shape index (κ1) is 19.3. The highest BCUT2D eigenvalue weighted by Crippen LogP contribution is 2.24. The number of carboxylic acids is 1. The van der Waals surface area contributed by atoms with Crippen LogP contribution in [0.15, 0.2) is 24.3 Å². The highest BCUT2D eigenvalue weighted by Gasteiger charge is 2.24. The Morgan fingerprint density at radius 3 is 2.78 bits per heavy atom. The molecule has 1 N–H and O–H groups in total. The van der Waals surface area contributed by atoms with Crippen molar-refractivity contribution < 1.29 is 19.4 Å². The molecule has 0 aliphatic carbocycles. The molecule has 1 aromatic carbocycles. The zero-order valence-electron chi connectivity index (χ0n) is 15.9. The van der Waals surface area contributed by atoms with E-state index in [4.69, 9.17) is 9.84 Å². The molecule has 144 valence electrons. The number of para-hydroxylation sites is 1. The molecule has 0 saturated carbocycles. The molecule has 0 unspecified atom stereocenters. The molecule has 1 amide bonds. The Kier molecular flexibility index (Phi) is 6.06. The molecule has 0 radical (unpaired) electrons. The number of carbonyl (C=O) groups excluding carboxylic acids is 1. The number of fused-ring (bicyclic) bond motifs is 1. The fourth-order valence-corrected chi connectivity index (χ4v) is 3.68. The summed E-state index contributed by atoms with van der Waals surface area (Å²) in [6, 6.07) is 7.90. The normalized spacial score (nSPS) is 16.6. The number of ether oxygens (including phenoxy) is 1. The molecule has 3 rings (SSSR count). The van der Waals surface area contributed by atoms with E-state index in [1.807, 2.05) is 38.1 Å². The van der Waals surface area contributed by atoms with Crippen LogP contribution in [0.2, 0.25) is 0 Å². The Bertz CT molecular complexity index is 843. The third kappa shape index (κ3) is 4.63. The van der Waals surface area contributed by atoms with E-state index in [2.05, 4.69) is 4.98 Å². The third-order valence-electron chi connectivity index (χ3n) is 5.21. The summed E-state index contributed by atoms with van der Waals surface area (Å²) < 4.78 is 5.64. The minimum absolute atomic E-state index is 0.000308. The molecular weight excluding hydrogens is 344 g/mol. The maximum Gasteiger partial charge on any atom is 0.305 e. The fraction of sp³-hybridized carbons (Fsp3) is 0.476. The molecule has 2 aromatic rings. The SMILES string of the molecule is Cc1nc2ccccc2c(C)c1CC(=O)N(CCC(=O)O)C[C@H]1CCCO1. The van der Waals surface area contributed by atoms with Crippen molar-refractivity contribution in [2.45, 2.75) is 45.6 Å². The summed E-state index contributed by atoms with van der Waals surface area (Å²) in [7, 11) is 0. The van der Waals surface area contributed by atoms with Crippen molar-refractivity contribution in [3.05, 3.63) is 41.1 Å². The van der Waals surface area contributed by atoms with Gasteiger partial charge in [0.1, 0.15) is 0 Å². The lowest BCUT2D eigenvalue weighted by Gasteiger charge is -2.25. The number of carboxylic acid groups (broad SMARTS) is 1. The number of nitrogens with zero attached hydrogens (tertiary/aromatic N) is 2. The second-order valence-electron chi connectivity index (χ2n) is 7.11. The number of hydrogen-bond donors (Lipinski definition) is 1. The van der Waals surface area contributed by atoms with Gasteiger partial charge < -0.3 is 14.7 Å². The second-order valence-corrected chi connectivity index (χ2v) is 7.11. The zero-order valence-corrected chi connectivity index (χ0v) is 15.9. The van der Waals surface area contributed by atoms with E-state index in [1.54, 1.807) is 4.90 Å². The summed E-state index contributed by atoms with van der Waals surface area (Å²) in [6.45, 7) is 5.29. The zero-order chi connectivity index (χ0) is 19.4.